The minimum atomic E-state index is -3.32. The van der Waals surface area contributed by atoms with Crippen LogP contribution in [0.4, 0.5) is 0 Å². The van der Waals surface area contributed by atoms with Crippen molar-refractivity contribution in [2.75, 3.05) is 13.5 Å². The van der Waals surface area contributed by atoms with E-state index in [-0.39, 0.29) is 0 Å². The van der Waals surface area contributed by atoms with Gasteiger partial charge in [0.2, 0.25) is 17.7 Å². The van der Waals surface area contributed by atoms with Gasteiger partial charge in [-0.3, -0.25) is 14.4 Å². The van der Waals surface area contributed by atoms with Crippen molar-refractivity contribution in [2.24, 2.45) is 5.92 Å². The second-order valence-electron chi connectivity index (χ2n) is 5.86. The average molecular weight is 373 g/mol. The molecule has 1 aliphatic heterocycles. The number of aliphatic hydroxyl groups is 1. The van der Waals surface area contributed by atoms with Gasteiger partial charge < -0.3 is 20.6 Å². The highest BCUT2D eigenvalue weighted by Crippen LogP contribution is 2.24. The molecule has 3 N–H and O–H groups in total. The van der Waals surface area contributed by atoms with Crippen molar-refractivity contribution in [1.82, 2.24) is 15.5 Å². The molecule has 3 atom stereocenters. The zero-order valence-electron chi connectivity index (χ0n) is 25.5. The Morgan fingerprint density at radius 2 is 2.15 bits per heavy atom. The molecule has 0 bridgehead atoms. The van der Waals surface area contributed by atoms with E-state index in [9.17, 15) is 19.5 Å². The Morgan fingerprint density at radius 3 is 2.81 bits per heavy atom. The molecular weight excluding hydrogens is 334 g/mol. The fourth-order valence-electron chi connectivity index (χ4n) is 2.07. The molecule has 0 aliphatic carbocycles. The molecule has 1 heterocycles. The van der Waals surface area contributed by atoms with Gasteiger partial charge in [-0.2, -0.15) is 0 Å². The predicted octanol–water partition coefficient (Wildman–Crippen LogP) is 0.380. The molecule has 0 aromatic heterocycles. The van der Waals surface area contributed by atoms with Gasteiger partial charge in [0.1, 0.15) is 18.1 Å². The number of carbonyl (C=O) groups excluding carboxylic acids is 3. The molecule has 1 aromatic carbocycles. The molecule has 0 saturated heterocycles. The quantitative estimate of drug-likeness (QED) is 0.696. The first-order chi connectivity index (χ1) is 16.5. The summed E-state index contributed by atoms with van der Waals surface area (Å²) in [6.07, 6.45) is -3.62. The summed E-state index contributed by atoms with van der Waals surface area (Å²) in [7, 11) is 0.936. The fourth-order valence-corrected chi connectivity index (χ4v) is 2.07. The minimum Gasteiger partial charge on any atom is -0.383 e. The van der Waals surface area contributed by atoms with Crippen LogP contribution in [0.3, 0.4) is 0 Å². The van der Waals surface area contributed by atoms with Crippen molar-refractivity contribution in [3.05, 3.63) is 35.3 Å². The molecule has 7 heteroatoms. The highest BCUT2D eigenvalue weighted by atomic mass is 16.3. The zero-order chi connectivity index (χ0) is 29.0. The molecule has 7 nitrogen and oxygen atoms in total. The van der Waals surface area contributed by atoms with Gasteiger partial charge in [-0.15, -0.1) is 0 Å². The summed E-state index contributed by atoms with van der Waals surface area (Å²) in [4.78, 5) is 39.3. The number of hydrogen-bond donors (Lipinski definition) is 3. The third kappa shape index (κ3) is 4.40. The largest absolute Gasteiger partial charge is 0.383 e. The highest BCUT2D eigenvalue weighted by Gasteiger charge is 2.32. The molecule has 0 radical (unpaired) electrons. The molecule has 142 valence electrons. The monoisotopic (exact) mass is 372 g/mol. The van der Waals surface area contributed by atoms with E-state index < -0.39 is 96.8 Å². The minimum absolute atomic E-state index is 0.413. The molecule has 0 saturated carbocycles. The fraction of sp³-hybridized carbons (Fsp3) is 0.526. The van der Waals surface area contributed by atoms with Crippen LogP contribution in [0, 0.1) is 5.92 Å². The third-order valence-corrected chi connectivity index (χ3v) is 3.59. The Hall–Kier alpha value is -2.41. The van der Waals surface area contributed by atoms with Crippen LogP contribution in [0.25, 0.3) is 0 Å². The summed E-state index contributed by atoms with van der Waals surface area (Å²) in [5.41, 5.74) is -1.28. The van der Waals surface area contributed by atoms with E-state index in [1.165, 1.54) is 13.8 Å². The summed E-state index contributed by atoms with van der Waals surface area (Å²) >= 11 is 0. The topological polar surface area (TPSA) is 98.7 Å². The Bertz CT molecular complexity index is 1140. The first-order valence-electron chi connectivity index (χ1n) is 13.2. The van der Waals surface area contributed by atoms with Gasteiger partial charge in [-0.1, -0.05) is 38.0 Å². The molecule has 2 rings (SSSR count). The maximum atomic E-state index is 13.3. The number of rotatable bonds is 5. The second kappa shape index (κ2) is 8.31. The first kappa shape index (κ1) is 9.50. The lowest BCUT2D eigenvalue weighted by Gasteiger charge is -2.24. The van der Waals surface area contributed by atoms with Crippen LogP contribution >= 0.6 is 0 Å². The lowest BCUT2D eigenvalue weighted by atomic mass is 9.99. The normalized spacial score (nSPS) is 32.0. The van der Waals surface area contributed by atoms with Crippen molar-refractivity contribution in [3.63, 3.8) is 0 Å². The van der Waals surface area contributed by atoms with Crippen LogP contribution in [0.5, 0.6) is 0 Å². The maximum Gasteiger partial charge on any atom is 0.249 e. The van der Waals surface area contributed by atoms with E-state index >= 15 is 0 Å². The molecule has 1 aliphatic rings. The van der Waals surface area contributed by atoms with Crippen LogP contribution in [0.15, 0.2) is 24.2 Å². The summed E-state index contributed by atoms with van der Waals surface area (Å²) < 4.78 is 88.3. The number of amides is 3. The molecule has 3 amide bonds. The van der Waals surface area contributed by atoms with Crippen molar-refractivity contribution in [1.29, 1.82) is 0 Å². The molecule has 0 unspecified atom stereocenters. The van der Waals surface area contributed by atoms with Gasteiger partial charge >= 0.3 is 0 Å². The third-order valence-electron chi connectivity index (χ3n) is 3.59. The predicted molar refractivity (Wildman–Crippen MR) is 97.1 cm³/mol. The van der Waals surface area contributed by atoms with Crippen LogP contribution < -0.4 is 10.6 Å². The van der Waals surface area contributed by atoms with E-state index in [1.807, 2.05) is 5.32 Å². The van der Waals surface area contributed by atoms with Crippen molar-refractivity contribution < 1.29 is 34.6 Å². The Morgan fingerprint density at radius 1 is 1.46 bits per heavy atom. The Kier molecular flexibility index (Phi) is 3.04. The van der Waals surface area contributed by atoms with Gasteiger partial charge in [0.15, 0.2) is 0 Å². The van der Waals surface area contributed by atoms with Crippen LogP contribution in [-0.2, 0) is 20.8 Å². The summed E-state index contributed by atoms with van der Waals surface area (Å²) in [5.74, 6) is -5.74. The smallest absolute Gasteiger partial charge is 0.249 e. The van der Waals surface area contributed by atoms with Crippen molar-refractivity contribution in [3.8, 4) is 0 Å². The lowest BCUT2D eigenvalue weighted by Crippen LogP contribution is -2.51. The number of benzene rings is 1. The number of fused-ring (bicyclic) bond motifs is 1. The Balaban J connectivity index is 2.72. The van der Waals surface area contributed by atoms with E-state index in [4.69, 9.17) is 15.1 Å². The van der Waals surface area contributed by atoms with Gasteiger partial charge in [-0.25, -0.2) is 0 Å². The first-order valence-corrected chi connectivity index (χ1v) is 7.75. The SMILES string of the molecule is [2H]c1c([2H])c([2H])c2c(c1[2H])CC([2H])([2H])N(C)C(=O)[C@@]2([2H])NC(=O)[C@@H](NC(=O)[C@@]([2H])(O)C(C)C)C([2H])([2H])[2H]. The van der Waals surface area contributed by atoms with E-state index in [2.05, 4.69) is 0 Å². The lowest BCUT2D eigenvalue weighted by molar-refractivity contribution is -0.137. The molecule has 0 spiro atoms. The van der Waals surface area contributed by atoms with Crippen molar-refractivity contribution in [2.45, 2.75) is 45.3 Å². The number of carbonyl (C=O) groups is 3. The second-order valence-corrected chi connectivity index (χ2v) is 5.86. The van der Waals surface area contributed by atoms with Crippen molar-refractivity contribution >= 4 is 17.7 Å². The van der Waals surface area contributed by atoms with Crippen LogP contribution in [0.2, 0.25) is 0 Å². The standard InChI is InChI=1S/C19H27N3O4/c1-11(2)16(23)18(25)20-12(3)17(24)21-15-14-8-6-5-7-13(14)9-10-22(4)19(15)26/h5-8,11-12,15-16,23H,9-10H2,1-4H3,(H,20,25)(H,21,24)/t12-,15-,16-/m0/s1/i3D3,5D,6D,7D,8D,10D2,15D,16D. The Labute approximate surface area is 169 Å². The molecule has 1 aromatic rings. The number of nitrogens with one attached hydrogen (secondary N) is 2. The number of nitrogens with zero attached hydrogens (tertiary/aromatic N) is 1. The van der Waals surface area contributed by atoms with Gasteiger partial charge in [0.25, 0.3) is 0 Å². The maximum absolute atomic E-state index is 13.3. The van der Waals surface area contributed by atoms with E-state index in [0.717, 1.165) is 7.05 Å². The highest BCUT2D eigenvalue weighted by molar-refractivity contribution is 5.93. The van der Waals surface area contributed by atoms with Gasteiger partial charge in [-0.05, 0) is 30.3 Å². The van der Waals surface area contributed by atoms with Gasteiger partial charge in [0.05, 0.1) is 8.22 Å². The van der Waals surface area contributed by atoms with E-state index in [1.54, 1.807) is 5.32 Å². The van der Waals surface area contributed by atoms with Crippen LogP contribution in [0.1, 0.15) is 52.9 Å². The molecular formula is C19H27N3O4. The summed E-state index contributed by atoms with van der Waals surface area (Å²) in [6.45, 7) is -3.33. The zero-order valence-corrected chi connectivity index (χ0v) is 14.5. The van der Waals surface area contributed by atoms with Gasteiger partial charge in [0, 0.05) is 20.4 Å². The number of hydrogen-bond acceptors (Lipinski definition) is 4. The average Bonchev–Trinajstić information content (AvgIpc) is 2.81. The van der Waals surface area contributed by atoms with Crippen LogP contribution in [-0.4, -0.2) is 53.4 Å². The number of likely N-dealkylation sites (N-methyl/N-ethyl adjacent to an activating group) is 1. The molecule has 0 fully saturated rings. The van der Waals surface area contributed by atoms with E-state index in [0.29, 0.717) is 4.90 Å². The molecule has 26 heavy (non-hydrogen) atoms. The summed E-state index contributed by atoms with van der Waals surface area (Å²) in [5, 5.41) is 13.6. The summed E-state index contributed by atoms with van der Waals surface area (Å²) in [6, 6.07) is -9.00.